The fraction of sp³-hybridized carbons (Fsp3) is 0.375. The van der Waals surface area contributed by atoms with E-state index in [2.05, 4.69) is 16.6 Å². The Morgan fingerprint density at radius 2 is 1.82 bits per heavy atom. The number of carbonyl (C=O) groups is 2. The molecule has 4 rings (SSSR count). The van der Waals surface area contributed by atoms with Crippen molar-refractivity contribution in [2.24, 2.45) is 0 Å². The highest BCUT2D eigenvalue weighted by Crippen LogP contribution is 2.48. The Labute approximate surface area is 267 Å². The van der Waals surface area contributed by atoms with Gasteiger partial charge < -0.3 is 10.2 Å². The fourth-order valence-corrected chi connectivity index (χ4v) is 7.32. The molecule has 44 heavy (non-hydrogen) atoms. The Balaban J connectivity index is 1.84. The fourth-order valence-electron chi connectivity index (χ4n) is 5.98. The smallest absolute Gasteiger partial charge is 0.286 e. The molecule has 2 aromatic carbocycles. The Bertz CT molecular complexity index is 1600. The standard InChI is InChI=1S/C32H35Cl2F2N3O4S/c1-4-5-6-11-20(2)32(35,36)19-37-30(40)28-22-12-7-8-13-23(22)31(41)39(29(28)24-17-16-21(33)18-25(24)34)27-15-10-9-14-26(27)38-44(3,42)43/h4-8,11-13,16-18,26-29,38H,1,9-10,14-15,19H2,2-3H3,(H,37,40)/b6-5-,20-11+/t26-,27-,28+,29-/m0/s1. The largest absolute Gasteiger partial charge is 0.349 e. The molecule has 0 aromatic heterocycles. The normalized spacial score (nSPS) is 23.0. The molecule has 7 nitrogen and oxygen atoms in total. The number of nitrogens with one attached hydrogen (secondary N) is 2. The molecule has 0 unspecified atom stereocenters. The molecule has 4 atom stereocenters. The number of amides is 2. The molecule has 2 aliphatic rings. The minimum atomic E-state index is -3.65. The Hall–Kier alpha value is -3.05. The monoisotopic (exact) mass is 665 g/mol. The Morgan fingerprint density at radius 1 is 1.11 bits per heavy atom. The number of nitrogens with zero attached hydrogens (tertiary/aromatic N) is 1. The summed E-state index contributed by atoms with van der Waals surface area (Å²) in [4.78, 5) is 29.9. The van der Waals surface area contributed by atoms with Gasteiger partial charge in [0.1, 0.15) is 0 Å². The first-order valence-corrected chi connectivity index (χ1v) is 16.9. The molecule has 1 fully saturated rings. The molecular formula is C32H35Cl2F2N3O4S. The molecular weight excluding hydrogens is 631 g/mol. The zero-order chi connectivity index (χ0) is 32.2. The van der Waals surface area contributed by atoms with Gasteiger partial charge in [-0.15, -0.1) is 0 Å². The van der Waals surface area contributed by atoms with Crippen LogP contribution in [-0.4, -0.2) is 55.9 Å². The van der Waals surface area contributed by atoms with E-state index in [1.807, 2.05) is 0 Å². The van der Waals surface area contributed by atoms with E-state index >= 15 is 8.78 Å². The van der Waals surface area contributed by atoms with Gasteiger partial charge in [0.15, 0.2) is 0 Å². The quantitative estimate of drug-likeness (QED) is 0.281. The van der Waals surface area contributed by atoms with Crippen molar-refractivity contribution in [3.05, 3.63) is 106 Å². The third-order valence-electron chi connectivity index (χ3n) is 8.05. The van der Waals surface area contributed by atoms with Gasteiger partial charge in [-0.05, 0) is 54.7 Å². The highest BCUT2D eigenvalue weighted by molar-refractivity contribution is 7.88. The van der Waals surface area contributed by atoms with Crippen molar-refractivity contribution in [2.45, 2.75) is 62.6 Å². The summed E-state index contributed by atoms with van der Waals surface area (Å²) in [6.07, 6.45) is 9.09. The lowest BCUT2D eigenvalue weighted by Gasteiger charge is -2.49. The third-order valence-corrected chi connectivity index (χ3v) is 9.34. The van der Waals surface area contributed by atoms with E-state index in [1.165, 1.54) is 42.2 Å². The summed E-state index contributed by atoms with van der Waals surface area (Å²) >= 11 is 12.9. The molecule has 2 amide bonds. The second kappa shape index (κ2) is 13.9. The molecule has 0 spiro atoms. The number of hydrogen-bond acceptors (Lipinski definition) is 4. The van der Waals surface area contributed by atoms with E-state index in [4.69, 9.17) is 23.2 Å². The van der Waals surface area contributed by atoms with Crippen LogP contribution in [0.1, 0.15) is 66.1 Å². The number of sulfonamides is 1. The van der Waals surface area contributed by atoms with Gasteiger partial charge in [-0.1, -0.05) is 91.2 Å². The third kappa shape index (κ3) is 7.59. The zero-order valence-corrected chi connectivity index (χ0v) is 26.7. The lowest BCUT2D eigenvalue weighted by atomic mass is 9.76. The van der Waals surface area contributed by atoms with Gasteiger partial charge >= 0.3 is 0 Å². The van der Waals surface area contributed by atoms with Crippen LogP contribution in [0, 0.1) is 0 Å². The first kappa shape index (κ1) is 33.8. The average molecular weight is 667 g/mol. The highest BCUT2D eigenvalue weighted by Gasteiger charge is 2.49. The lowest BCUT2D eigenvalue weighted by Crippen LogP contribution is -2.59. The number of halogens is 4. The van der Waals surface area contributed by atoms with E-state index in [-0.39, 0.29) is 16.2 Å². The van der Waals surface area contributed by atoms with Crippen LogP contribution in [-0.2, 0) is 14.8 Å². The van der Waals surface area contributed by atoms with Crippen LogP contribution in [0.4, 0.5) is 8.78 Å². The summed E-state index contributed by atoms with van der Waals surface area (Å²) in [5.74, 6) is -5.66. The van der Waals surface area contributed by atoms with Crippen LogP contribution in [0.15, 0.2) is 78.9 Å². The predicted molar refractivity (Wildman–Crippen MR) is 170 cm³/mol. The summed E-state index contributed by atoms with van der Waals surface area (Å²) in [7, 11) is -3.65. The number of benzene rings is 2. The Kier molecular flexibility index (Phi) is 10.7. The lowest BCUT2D eigenvalue weighted by molar-refractivity contribution is -0.126. The molecule has 1 heterocycles. The van der Waals surface area contributed by atoms with Gasteiger partial charge in [-0.25, -0.2) is 13.1 Å². The van der Waals surface area contributed by atoms with Crippen molar-refractivity contribution in [3.63, 3.8) is 0 Å². The van der Waals surface area contributed by atoms with Crippen molar-refractivity contribution in [2.75, 3.05) is 12.8 Å². The van der Waals surface area contributed by atoms with E-state index in [1.54, 1.807) is 36.4 Å². The maximum Gasteiger partial charge on any atom is 0.286 e. The van der Waals surface area contributed by atoms with Crippen molar-refractivity contribution >= 4 is 45.0 Å². The number of alkyl halides is 2. The van der Waals surface area contributed by atoms with Gasteiger partial charge in [-0.3, -0.25) is 9.59 Å². The van der Waals surface area contributed by atoms with Crippen molar-refractivity contribution in [1.29, 1.82) is 0 Å². The van der Waals surface area contributed by atoms with Crippen molar-refractivity contribution < 1.29 is 26.8 Å². The van der Waals surface area contributed by atoms with Crippen LogP contribution in [0.3, 0.4) is 0 Å². The van der Waals surface area contributed by atoms with Crippen LogP contribution in [0.2, 0.25) is 10.0 Å². The number of fused-ring (bicyclic) bond motifs is 1. The van der Waals surface area contributed by atoms with Gasteiger partial charge in [-0.2, -0.15) is 8.78 Å². The average Bonchev–Trinajstić information content (AvgIpc) is 2.96. The zero-order valence-electron chi connectivity index (χ0n) is 24.4. The summed E-state index contributed by atoms with van der Waals surface area (Å²) in [6.45, 7) is 3.81. The minimum Gasteiger partial charge on any atom is -0.349 e. The summed E-state index contributed by atoms with van der Waals surface area (Å²) in [6, 6.07) is 8.89. The molecule has 1 aliphatic heterocycles. The van der Waals surface area contributed by atoms with Crippen molar-refractivity contribution in [3.8, 4) is 0 Å². The topological polar surface area (TPSA) is 95.6 Å². The maximum absolute atomic E-state index is 15.1. The maximum atomic E-state index is 15.1. The molecule has 1 aliphatic carbocycles. The van der Waals surface area contributed by atoms with E-state index in [9.17, 15) is 18.0 Å². The van der Waals surface area contributed by atoms with E-state index in [0.717, 1.165) is 12.7 Å². The predicted octanol–water partition coefficient (Wildman–Crippen LogP) is 6.57. The number of rotatable bonds is 10. The molecule has 2 aromatic rings. The summed E-state index contributed by atoms with van der Waals surface area (Å²) in [5.41, 5.74) is 0.719. The van der Waals surface area contributed by atoms with Gasteiger partial charge in [0, 0.05) is 27.7 Å². The summed E-state index contributed by atoms with van der Waals surface area (Å²) in [5, 5.41) is 2.94. The van der Waals surface area contributed by atoms with Crippen LogP contribution < -0.4 is 10.0 Å². The Morgan fingerprint density at radius 3 is 2.50 bits per heavy atom. The molecule has 0 saturated heterocycles. The molecule has 0 radical (unpaired) electrons. The summed E-state index contributed by atoms with van der Waals surface area (Å²) < 4.78 is 57.6. The molecule has 1 saturated carbocycles. The van der Waals surface area contributed by atoms with Gasteiger partial charge in [0.2, 0.25) is 15.9 Å². The molecule has 236 valence electrons. The minimum absolute atomic E-state index is 0.180. The first-order chi connectivity index (χ1) is 20.7. The number of carbonyl (C=O) groups excluding carboxylic acids is 2. The molecule has 0 bridgehead atoms. The number of allylic oxidation sites excluding steroid dienone is 4. The van der Waals surface area contributed by atoms with Gasteiger partial charge in [0.05, 0.1) is 24.8 Å². The second-order valence-electron chi connectivity index (χ2n) is 11.1. The molecule has 12 heteroatoms. The van der Waals surface area contributed by atoms with Crippen LogP contribution >= 0.6 is 23.2 Å². The SMILES string of the molecule is C=C/C=C\C=C(/C)C(F)(F)CNC(=O)[C@@H]1c2ccccc2C(=O)N([C@H]2CCCC[C@@H]2NS(C)(=O)=O)[C@H]1c1ccc(Cl)cc1Cl. The first-order valence-electron chi connectivity index (χ1n) is 14.2. The highest BCUT2D eigenvalue weighted by atomic mass is 35.5. The number of hydrogen-bond donors (Lipinski definition) is 2. The second-order valence-corrected chi connectivity index (χ2v) is 13.8. The van der Waals surface area contributed by atoms with Gasteiger partial charge in [0.25, 0.3) is 11.8 Å². The van der Waals surface area contributed by atoms with E-state index < -0.39 is 58.3 Å². The van der Waals surface area contributed by atoms with Crippen LogP contribution in [0.25, 0.3) is 0 Å². The van der Waals surface area contributed by atoms with E-state index in [0.29, 0.717) is 35.4 Å². The van der Waals surface area contributed by atoms with Crippen molar-refractivity contribution in [1.82, 2.24) is 14.9 Å². The molecule has 2 N–H and O–H groups in total. The van der Waals surface area contributed by atoms with Crippen LogP contribution in [0.5, 0.6) is 0 Å².